The van der Waals surface area contributed by atoms with E-state index in [-0.39, 0.29) is 55.3 Å². The number of hydrogen-bond donors (Lipinski definition) is 6. The number of nitrogens with two attached hydrogens (primary N) is 2. The number of carbonyl (C=O) groups is 6. The van der Waals surface area contributed by atoms with Crippen molar-refractivity contribution in [3.8, 4) is 0 Å². The molecule has 4 bridgehead atoms. The molecular weight excluding hydrogens is 827 g/mol. The Morgan fingerprint density at radius 3 is 1.32 bits per heavy atom. The van der Waals surface area contributed by atoms with Crippen LogP contribution in [0, 0.1) is 0 Å². The molecule has 0 saturated carbocycles. The van der Waals surface area contributed by atoms with E-state index in [1.165, 1.54) is 0 Å². The van der Waals surface area contributed by atoms with Crippen LogP contribution in [0.3, 0.4) is 0 Å². The zero-order chi connectivity index (χ0) is 46.9. The van der Waals surface area contributed by atoms with E-state index in [0.717, 1.165) is 22.4 Å². The molecule has 3 heterocycles. The lowest BCUT2D eigenvalue weighted by Crippen LogP contribution is -2.73. The molecule has 0 radical (unpaired) electrons. The summed E-state index contributed by atoms with van der Waals surface area (Å²) < 4.78 is 0. The van der Waals surface area contributed by atoms with E-state index in [1.807, 2.05) is 62.4 Å². The number of imide groups is 2. The Morgan fingerprint density at radius 1 is 0.600 bits per heavy atom. The van der Waals surface area contributed by atoms with Gasteiger partial charge in [-0.1, -0.05) is 95.3 Å². The van der Waals surface area contributed by atoms with Crippen LogP contribution >= 0.6 is 0 Å². The third-order valence-electron chi connectivity index (χ3n) is 16.1. The minimum Gasteiger partial charge on any atom is -0.465 e. The lowest BCUT2D eigenvalue weighted by Gasteiger charge is -2.56. The van der Waals surface area contributed by atoms with Crippen molar-refractivity contribution < 1.29 is 39.0 Å². The molecule has 10 rings (SSSR count). The van der Waals surface area contributed by atoms with Gasteiger partial charge in [0.05, 0.1) is 0 Å². The van der Waals surface area contributed by atoms with Gasteiger partial charge in [-0.3, -0.25) is 39.6 Å². The van der Waals surface area contributed by atoms with Gasteiger partial charge >= 0.3 is 12.2 Å². The number of likely N-dealkylation sites (tertiary alicyclic amines) is 2. The smallest absolute Gasteiger partial charge is 0.411 e. The quantitative estimate of drug-likeness (QED) is 0.149. The molecule has 0 aromatic heterocycles. The SMILES string of the molecule is CC(C)(C)c1ccc(N2C(C3CCCN3[C@@]3(C(=O)NC(=O)O)Cc4ccc(cc4)C3(C)CC(N)=O)CCC2C2CCCN2[C@@]2(C(=O)NC(=O)O)Cc3ccc(cc3)C2(C)CC(N)=O)cc1. The van der Waals surface area contributed by atoms with E-state index >= 15 is 9.59 Å². The monoisotopic (exact) mass is 889 g/mol. The molecule has 8 N–H and O–H groups in total. The van der Waals surface area contributed by atoms with Crippen LogP contribution < -0.4 is 27.0 Å². The van der Waals surface area contributed by atoms with Crippen LogP contribution in [0.1, 0.15) is 114 Å². The van der Waals surface area contributed by atoms with Gasteiger partial charge in [0.25, 0.3) is 11.8 Å². The first-order chi connectivity index (χ1) is 30.7. The second kappa shape index (κ2) is 16.6. The van der Waals surface area contributed by atoms with Crippen molar-refractivity contribution in [1.82, 2.24) is 20.4 Å². The summed E-state index contributed by atoms with van der Waals surface area (Å²) in [4.78, 5) is 87.9. The Morgan fingerprint density at radius 2 is 0.985 bits per heavy atom. The summed E-state index contributed by atoms with van der Waals surface area (Å²) >= 11 is 0. The highest BCUT2D eigenvalue weighted by Gasteiger charge is 2.66. The first-order valence-corrected chi connectivity index (χ1v) is 22.9. The molecule has 3 aromatic carbocycles. The van der Waals surface area contributed by atoms with Crippen LogP contribution in [0.5, 0.6) is 0 Å². The number of carbonyl (C=O) groups excluding carboxylic acids is 4. The number of fused-ring (bicyclic) bond motifs is 8. The summed E-state index contributed by atoms with van der Waals surface area (Å²) in [5, 5.41) is 24.7. The van der Waals surface area contributed by atoms with Crippen LogP contribution in [0.25, 0.3) is 0 Å². The molecular formula is C50H63N7O8. The number of nitrogens with one attached hydrogen (secondary N) is 2. The maximum Gasteiger partial charge on any atom is 0.411 e. The average Bonchev–Trinajstić information content (AvgIpc) is 3.96. The summed E-state index contributed by atoms with van der Waals surface area (Å²) in [6, 6.07) is 22.8. The third-order valence-corrected chi connectivity index (χ3v) is 16.1. The van der Waals surface area contributed by atoms with Crippen molar-refractivity contribution in [2.75, 3.05) is 18.0 Å². The van der Waals surface area contributed by atoms with Gasteiger partial charge in [0, 0.05) is 66.4 Å². The highest BCUT2D eigenvalue weighted by Crippen LogP contribution is 2.54. The summed E-state index contributed by atoms with van der Waals surface area (Å²) in [7, 11) is 0. The fourth-order valence-corrected chi connectivity index (χ4v) is 13.3. The average molecular weight is 890 g/mol. The van der Waals surface area contributed by atoms with E-state index in [9.17, 15) is 29.4 Å². The van der Waals surface area contributed by atoms with Crippen LogP contribution in [0.4, 0.5) is 15.3 Å². The number of primary amides is 2. The van der Waals surface area contributed by atoms with Gasteiger partial charge in [0.1, 0.15) is 11.1 Å². The van der Waals surface area contributed by atoms with Crippen molar-refractivity contribution in [1.29, 1.82) is 0 Å². The minimum atomic E-state index is -1.54. The van der Waals surface area contributed by atoms with Gasteiger partial charge < -0.3 is 26.6 Å². The van der Waals surface area contributed by atoms with Gasteiger partial charge in [0.15, 0.2) is 0 Å². The topological polar surface area (TPSA) is 229 Å². The first kappa shape index (κ1) is 45.8. The van der Waals surface area contributed by atoms with Gasteiger partial charge in [-0.2, -0.15) is 0 Å². The lowest BCUT2D eigenvalue weighted by molar-refractivity contribution is -0.142. The highest BCUT2D eigenvalue weighted by molar-refractivity contribution is 6.00. The van der Waals surface area contributed by atoms with Crippen LogP contribution in [-0.4, -0.2) is 104 Å². The minimum absolute atomic E-state index is 0.136. The molecule has 3 aromatic rings. The number of rotatable bonds is 11. The Kier molecular flexibility index (Phi) is 11.7. The second-order valence-electron chi connectivity index (χ2n) is 20.7. The van der Waals surface area contributed by atoms with Crippen molar-refractivity contribution in [2.45, 2.75) is 150 Å². The third kappa shape index (κ3) is 7.44. The molecule has 0 spiro atoms. The molecule has 3 aliphatic heterocycles. The summed E-state index contributed by atoms with van der Waals surface area (Å²) in [5.74, 6) is -2.64. The molecule has 15 heteroatoms. The molecule has 4 aliphatic carbocycles. The second-order valence-corrected chi connectivity index (χ2v) is 20.7. The van der Waals surface area contributed by atoms with E-state index in [0.29, 0.717) is 62.7 Å². The number of amides is 6. The van der Waals surface area contributed by atoms with Crippen LogP contribution in [0.2, 0.25) is 0 Å². The van der Waals surface area contributed by atoms with Crippen LogP contribution in [0.15, 0.2) is 72.8 Å². The molecule has 65 heavy (non-hydrogen) atoms. The predicted octanol–water partition coefficient (Wildman–Crippen LogP) is 5.10. The van der Waals surface area contributed by atoms with Gasteiger partial charge in [-0.05, 0) is 97.0 Å². The van der Waals surface area contributed by atoms with Gasteiger partial charge in [-0.25, -0.2) is 9.59 Å². The fraction of sp³-hybridized carbons (Fsp3) is 0.520. The predicted molar refractivity (Wildman–Crippen MR) is 244 cm³/mol. The molecule has 6 unspecified atom stereocenters. The number of anilines is 1. The molecule has 15 nitrogen and oxygen atoms in total. The summed E-state index contributed by atoms with van der Waals surface area (Å²) in [5.41, 5.74) is 11.5. The molecule has 7 aliphatic rings. The Balaban J connectivity index is 1.29. The normalized spacial score (nSPS) is 31.1. The maximum absolute atomic E-state index is 15.0. The van der Waals surface area contributed by atoms with Crippen molar-refractivity contribution in [2.24, 2.45) is 11.5 Å². The Labute approximate surface area is 380 Å². The summed E-state index contributed by atoms with van der Waals surface area (Å²) in [6.07, 6.45) is 1.05. The lowest BCUT2D eigenvalue weighted by atomic mass is 9.62. The van der Waals surface area contributed by atoms with E-state index in [4.69, 9.17) is 11.5 Å². The zero-order valence-corrected chi connectivity index (χ0v) is 38.1. The summed E-state index contributed by atoms with van der Waals surface area (Å²) in [6.45, 7) is 11.1. The highest BCUT2D eigenvalue weighted by atomic mass is 16.4. The van der Waals surface area contributed by atoms with Crippen molar-refractivity contribution in [3.05, 3.63) is 101 Å². The number of nitrogens with zero attached hydrogens (tertiary/aromatic N) is 3. The Bertz CT molecular complexity index is 2250. The van der Waals surface area contributed by atoms with E-state index in [1.54, 1.807) is 0 Å². The zero-order valence-electron chi connectivity index (χ0n) is 38.1. The first-order valence-electron chi connectivity index (χ1n) is 22.9. The molecule has 346 valence electrons. The maximum atomic E-state index is 15.0. The molecule has 3 fully saturated rings. The standard InChI is InChI=1S/C50H63N7O8/c1-46(2,3)32-18-20-35(21-19-32)57-38(36-8-6-24-55(36)49(42(60)53-44(62)63)26-30-10-14-33(15-11-30)47(49,4)28-40(51)58)22-23-39(57)37-9-7-25-56(37)50(43(61)54-45(64)65)27-31-12-16-34(17-13-31)48(50,5)29-41(52)59/h10-21,36-39H,6-9,22-29H2,1-5H3,(H2,51,58)(H2,52,59)(H,53,60)(H,54,61)(H,62,63)(H,64,65)/t36?,37?,38?,39?,47?,48?,49-,50-/m1/s1. The molecule has 6 amide bonds. The molecule has 3 saturated heterocycles. The van der Waals surface area contributed by atoms with Gasteiger partial charge in [0.2, 0.25) is 11.8 Å². The Hall–Kier alpha value is -5.80. The largest absolute Gasteiger partial charge is 0.465 e. The van der Waals surface area contributed by atoms with Crippen LogP contribution in [-0.2, 0) is 48.3 Å². The van der Waals surface area contributed by atoms with E-state index in [2.05, 4.69) is 70.4 Å². The fourth-order valence-electron chi connectivity index (χ4n) is 13.3. The number of hydrogen-bond acceptors (Lipinski definition) is 9. The van der Waals surface area contributed by atoms with E-state index < -0.39 is 57.7 Å². The van der Waals surface area contributed by atoms with Gasteiger partial charge in [-0.15, -0.1) is 0 Å². The number of carboxylic acid groups (broad SMARTS) is 2. The number of benzene rings is 3. The molecule has 8 atom stereocenters. The van der Waals surface area contributed by atoms with Crippen molar-refractivity contribution in [3.63, 3.8) is 0 Å². The van der Waals surface area contributed by atoms with Crippen molar-refractivity contribution >= 4 is 41.5 Å².